The number of thiazole rings is 1. The van der Waals surface area contributed by atoms with Gasteiger partial charge in [-0.25, -0.2) is 4.98 Å². The number of carbonyl (C=O) groups is 2. The van der Waals surface area contributed by atoms with Crippen LogP contribution in [-0.4, -0.2) is 44.4 Å². The fourth-order valence-electron chi connectivity index (χ4n) is 3.44. The molecule has 0 aliphatic rings. The summed E-state index contributed by atoms with van der Waals surface area (Å²) >= 11 is 2.99. The minimum absolute atomic E-state index is 0.269. The van der Waals surface area contributed by atoms with E-state index < -0.39 is 6.04 Å². The number of hydrogen-bond acceptors (Lipinski definition) is 6. The molecule has 0 saturated heterocycles. The average Bonchev–Trinajstić information content (AvgIpc) is 3.51. The van der Waals surface area contributed by atoms with E-state index in [1.54, 1.807) is 47.2 Å². The second-order valence-corrected chi connectivity index (χ2v) is 9.56. The van der Waals surface area contributed by atoms with Crippen LogP contribution in [0.3, 0.4) is 0 Å². The monoisotopic (exact) mass is 491 g/mol. The summed E-state index contributed by atoms with van der Waals surface area (Å²) in [5, 5.41) is 8.16. The molecule has 9 heteroatoms. The molecule has 0 saturated carbocycles. The molecule has 1 unspecified atom stereocenters. The zero-order valence-corrected chi connectivity index (χ0v) is 20.5. The van der Waals surface area contributed by atoms with Gasteiger partial charge in [0.15, 0.2) is 5.13 Å². The zero-order valence-electron chi connectivity index (χ0n) is 18.9. The second kappa shape index (κ2) is 11.1. The predicted octanol–water partition coefficient (Wildman–Crippen LogP) is 4.70. The third-order valence-corrected chi connectivity index (χ3v) is 6.63. The lowest BCUT2D eigenvalue weighted by atomic mass is 10.0. The summed E-state index contributed by atoms with van der Waals surface area (Å²) in [5.74, 6) is 0.206. The summed E-state index contributed by atoms with van der Waals surface area (Å²) in [6, 6.07) is 13.1. The Morgan fingerprint density at radius 3 is 2.65 bits per heavy atom. The van der Waals surface area contributed by atoms with Crippen molar-refractivity contribution < 1.29 is 9.59 Å². The van der Waals surface area contributed by atoms with Gasteiger partial charge in [-0.1, -0.05) is 18.2 Å². The fraction of sp³-hybridized carbons (Fsp3) is 0.200. The first-order valence-corrected chi connectivity index (χ1v) is 13.0. The molecule has 7 nitrogen and oxygen atoms in total. The maximum Gasteiger partial charge on any atom is 0.253 e. The number of anilines is 1. The Hall–Kier alpha value is -3.43. The van der Waals surface area contributed by atoms with E-state index in [-0.39, 0.29) is 11.8 Å². The number of aryl methyl sites for hydroxylation is 1. The van der Waals surface area contributed by atoms with Crippen LogP contribution in [0, 0.1) is 0 Å². The van der Waals surface area contributed by atoms with Crippen molar-refractivity contribution in [2.45, 2.75) is 12.5 Å². The van der Waals surface area contributed by atoms with Gasteiger partial charge in [0, 0.05) is 42.8 Å². The maximum absolute atomic E-state index is 13.0. The van der Waals surface area contributed by atoms with Gasteiger partial charge in [0.05, 0.1) is 11.3 Å². The fourth-order valence-corrected chi connectivity index (χ4v) is 4.64. The molecule has 0 spiro atoms. The molecule has 3 aromatic heterocycles. The molecule has 3 heterocycles. The number of amides is 2. The quantitative estimate of drug-likeness (QED) is 0.354. The van der Waals surface area contributed by atoms with Crippen LogP contribution in [0.4, 0.5) is 5.13 Å². The summed E-state index contributed by atoms with van der Waals surface area (Å²) < 4.78 is 1.80. The summed E-state index contributed by atoms with van der Waals surface area (Å²) in [6.45, 7) is 0. The molecule has 0 radical (unpaired) electrons. The largest absolute Gasteiger partial charge is 0.356 e. The lowest BCUT2D eigenvalue weighted by molar-refractivity contribution is -0.118. The Bertz CT molecular complexity index is 1270. The molecule has 0 aliphatic heterocycles. The lowest BCUT2D eigenvalue weighted by Gasteiger charge is -2.17. The van der Waals surface area contributed by atoms with Gasteiger partial charge < -0.3 is 15.2 Å². The number of benzene rings is 1. The van der Waals surface area contributed by atoms with E-state index in [9.17, 15) is 9.59 Å². The van der Waals surface area contributed by atoms with Gasteiger partial charge in [-0.15, -0.1) is 11.3 Å². The van der Waals surface area contributed by atoms with Crippen LogP contribution in [0.5, 0.6) is 0 Å². The molecule has 4 rings (SSSR count). The normalized spacial score (nSPS) is 11.7. The number of nitrogens with one attached hydrogen (secondary N) is 2. The molecule has 34 heavy (non-hydrogen) atoms. The molecule has 0 bridgehead atoms. The van der Waals surface area contributed by atoms with Crippen LogP contribution in [0.2, 0.25) is 0 Å². The van der Waals surface area contributed by atoms with Crippen LogP contribution < -0.4 is 10.6 Å². The van der Waals surface area contributed by atoms with Gasteiger partial charge in [0.2, 0.25) is 5.91 Å². The number of hydrogen-bond donors (Lipinski definition) is 2. The van der Waals surface area contributed by atoms with E-state index in [1.807, 2.05) is 49.0 Å². The van der Waals surface area contributed by atoms with Crippen LogP contribution in [0.1, 0.15) is 16.8 Å². The second-order valence-electron chi connectivity index (χ2n) is 7.72. The van der Waals surface area contributed by atoms with Crippen molar-refractivity contribution in [2.24, 2.45) is 7.05 Å². The first-order chi connectivity index (χ1) is 16.5. The first-order valence-electron chi connectivity index (χ1n) is 10.7. The number of nitrogens with zero attached hydrogens (tertiary/aromatic N) is 3. The molecular formula is C25H25N5O2S2. The summed E-state index contributed by atoms with van der Waals surface area (Å²) in [4.78, 5) is 34.3. The third-order valence-electron chi connectivity index (χ3n) is 5.23. The molecule has 4 aromatic rings. The minimum atomic E-state index is -0.650. The number of carbonyl (C=O) groups excluding carboxylic acids is 2. The highest BCUT2D eigenvalue weighted by Gasteiger charge is 2.22. The van der Waals surface area contributed by atoms with Gasteiger partial charge in [0.25, 0.3) is 5.91 Å². The van der Waals surface area contributed by atoms with E-state index in [0.717, 1.165) is 28.1 Å². The van der Waals surface area contributed by atoms with Crippen LogP contribution in [-0.2, 0) is 11.8 Å². The number of rotatable bonds is 9. The van der Waals surface area contributed by atoms with Crippen LogP contribution in [0.15, 0.2) is 72.6 Å². The number of thioether (sulfide) groups is 1. The van der Waals surface area contributed by atoms with Crippen LogP contribution in [0.25, 0.3) is 22.4 Å². The van der Waals surface area contributed by atoms with Crippen molar-refractivity contribution in [3.8, 4) is 22.4 Å². The highest BCUT2D eigenvalue weighted by Crippen LogP contribution is 2.28. The third kappa shape index (κ3) is 5.92. The highest BCUT2D eigenvalue weighted by atomic mass is 32.2. The molecule has 1 atom stereocenters. The van der Waals surface area contributed by atoms with Gasteiger partial charge in [0.1, 0.15) is 6.04 Å². The van der Waals surface area contributed by atoms with Gasteiger partial charge >= 0.3 is 0 Å². The SMILES string of the molecule is CSCCC(NC(=O)c1ccn(C)c1)C(=O)Nc1nc(-c2cccc(-c3ccncc3)c2)cs1. The Balaban J connectivity index is 1.46. The zero-order chi connectivity index (χ0) is 23.9. The molecule has 2 N–H and O–H groups in total. The van der Waals surface area contributed by atoms with Crippen molar-refractivity contribution in [3.63, 3.8) is 0 Å². The van der Waals surface area contributed by atoms with Crippen molar-refractivity contribution in [2.75, 3.05) is 17.3 Å². The Labute approximate surface area is 206 Å². The van der Waals surface area contributed by atoms with Crippen molar-refractivity contribution in [3.05, 3.63) is 78.2 Å². The number of pyridine rings is 1. The molecule has 174 valence electrons. The molecule has 1 aromatic carbocycles. The Morgan fingerprint density at radius 1 is 1.12 bits per heavy atom. The Morgan fingerprint density at radius 2 is 1.91 bits per heavy atom. The summed E-state index contributed by atoms with van der Waals surface area (Å²) in [7, 11) is 1.85. The van der Waals surface area contributed by atoms with E-state index in [4.69, 9.17) is 0 Å². The molecular weight excluding hydrogens is 466 g/mol. The minimum Gasteiger partial charge on any atom is -0.356 e. The maximum atomic E-state index is 13.0. The van der Waals surface area contributed by atoms with Crippen molar-refractivity contribution in [1.82, 2.24) is 19.9 Å². The van der Waals surface area contributed by atoms with Crippen molar-refractivity contribution in [1.29, 1.82) is 0 Å². The van der Waals surface area contributed by atoms with Gasteiger partial charge in [-0.2, -0.15) is 11.8 Å². The van der Waals surface area contributed by atoms with Gasteiger partial charge in [-0.3, -0.25) is 14.6 Å². The van der Waals surface area contributed by atoms with Crippen molar-refractivity contribution >= 4 is 40.0 Å². The van der Waals surface area contributed by atoms with E-state index in [2.05, 4.69) is 26.7 Å². The Kier molecular flexibility index (Phi) is 7.76. The number of aromatic nitrogens is 3. The smallest absolute Gasteiger partial charge is 0.253 e. The summed E-state index contributed by atoms with van der Waals surface area (Å²) in [5.41, 5.74) is 4.41. The van der Waals surface area contributed by atoms with Crippen LogP contribution >= 0.6 is 23.1 Å². The lowest BCUT2D eigenvalue weighted by Crippen LogP contribution is -2.44. The summed E-state index contributed by atoms with van der Waals surface area (Å²) in [6.07, 6.45) is 9.56. The topological polar surface area (TPSA) is 88.9 Å². The van der Waals surface area contributed by atoms with E-state index in [1.165, 1.54) is 11.3 Å². The predicted molar refractivity (Wildman–Crippen MR) is 139 cm³/mol. The first kappa shape index (κ1) is 23.7. The molecule has 0 aliphatic carbocycles. The highest BCUT2D eigenvalue weighted by molar-refractivity contribution is 7.98. The molecule has 0 fully saturated rings. The average molecular weight is 492 g/mol. The standard InChI is InChI=1S/C25H25N5O2S2/c1-30-12-8-20(15-30)23(31)27-21(9-13-33-2)24(32)29-25-28-22(16-34-25)19-5-3-4-18(14-19)17-6-10-26-11-7-17/h3-8,10-12,14-16,21H,9,13H2,1-2H3,(H,27,31)(H,28,29,32). The van der Waals surface area contributed by atoms with E-state index >= 15 is 0 Å². The van der Waals surface area contributed by atoms with E-state index in [0.29, 0.717) is 17.1 Å². The molecule has 2 amide bonds. The van der Waals surface area contributed by atoms with Gasteiger partial charge in [-0.05, 0) is 53.8 Å².